The van der Waals surface area contributed by atoms with Gasteiger partial charge in [0.05, 0.1) is 12.3 Å². The Morgan fingerprint density at radius 3 is 2.89 bits per heavy atom. The minimum absolute atomic E-state index is 0.0893. The van der Waals surface area contributed by atoms with Crippen LogP contribution in [0.5, 0.6) is 0 Å². The normalized spacial score (nSPS) is 10.8. The molecule has 0 saturated heterocycles. The van der Waals surface area contributed by atoms with E-state index in [2.05, 4.69) is 33.2 Å². The van der Waals surface area contributed by atoms with E-state index < -0.39 is 0 Å². The van der Waals surface area contributed by atoms with Crippen LogP contribution in [0.4, 0.5) is 0 Å². The Kier molecular flexibility index (Phi) is 4.49. The fourth-order valence-electron chi connectivity index (χ4n) is 1.87. The minimum atomic E-state index is -0.0893. The molecule has 5 heteroatoms. The second-order valence-corrected chi connectivity index (χ2v) is 5.05. The molecule has 1 aromatic heterocycles. The number of benzene rings is 1. The molecule has 0 aliphatic heterocycles. The molecule has 0 amide bonds. The summed E-state index contributed by atoms with van der Waals surface area (Å²) in [6.45, 7) is 2.88. The van der Waals surface area contributed by atoms with Crippen LogP contribution in [0.3, 0.4) is 0 Å². The van der Waals surface area contributed by atoms with Gasteiger partial charge in [0.2, 0.25) is 0 Å². The molecule has 0 fully saturated rings. The van der Waals surface area contributed by atoms with Crippen molar-refractivity contribution >= 4 is 15.9 Å². The topological polar surface area (TPSA) is 50.9 Å². The number of hydrogen-bond donors (Lipinski definition) is 1. The third-order valence-electron chi connectivity index (χ3n) is 2.78. The first kappa shape index (κ1) is 13.2. The second-order valence-electron chi connectivity index (χ2n) is 4.13. The molecular weight excluding hydrogens is 294 g/mol. The van der Waals surface area contributed by atoms with Gasteiger partial charge in [-0.25, -0.2) is 4.68 Å². The molecule has 0 saturated carbocycles. The Bertz CT molecular complexity index is 525. The van der Waals surface area contributed by atoms with Crippen LogP contribution in [-0.2, 0) is 13.2 Å². The molecule has 0 bridgehead atoms. The molecule has 0 unspecified atom stereocenters. The van der Waals surface area contributed by atoms with E-state index in [-0.39, 0.29) is 6.61 Å². The number of nitrogens with zero attached hydrogens (tertiary/aromatic N) is 3. The molecular formula is C13H16BrN3O. The molecule has 1 aromatic carbocycles. The standard InChI is InChI=1S/C13H16BrN3O/c1-2-3-7-17-13(12(9-18)15-16-17)10-5-4-6-11(14)8-10/h4-6,8,18H,2-3,7,9H2,1H3. The first-order valence-corrected chi connectivity index (χ1v) is 6.84. The Morgan fingerprint density at radius 2 is 2.22 bits per heavy atom. The Hall–Kier alpha value is -1.20. The van der Waals surface area contributed by atoms with Gasteiger partial charge in [-0.1, -0.05) is 46.6 Å². The molecule has 18 heavy (non-hydrogen) atoms. The first-order valence-electron chi connectivity index (χ1n) is 6.05. The van der Waals surface area contributed by atoms with Crippen molar-refractivity contribution in [3.05, 3.63) is 34.4 Å². The molecule has 0 aliphatic rings. The summed E-state index contributed by atoms with van der Waals surface area (Å²) in [7, 11) is 0. The summed E-state index contributed by atoms with van der Waals surface area (Å²) in [4.78, 5) is 0. The van der Waals surface area contributed by atoms with Crippen LogP contribution in [0.1, 0.15) is 25.5 Å². The third-order valence-corrected chi connectivity index (χ3v) is 3.27. The molecule has 2 rings (SSSR count). The number of halogens is 1. The van der Waals surface area contributed by atoms with Gasteiger partial charge in [-0.05, 0) is 18.6 Å². The maximum Gasteiger partial charge on any atom is 0.116 e. The number of aryl methyl sites for hydroxylation is 1. The zero-order chi connectivity index (χ0) is 13.0. The van der Waals surface area contributed by atoms with E-state index in [1.807, 2.05) is 28.9 Å². The summed E-state index contributed by atoms with van der Waals surface area (Å²) in [6, 6.07) is 7.96. The summed E-state index contributed by atoms with van der Waals surface area (Å²) in [6.07, 6.45) is 2.15. The maximum absolute atomic E-state index is 9.36. The van der Waals surface area contributed by atoms with E-state index in [0.717, 1.165) is 35.1 Å². The highest BCUT2D eigenvalue weighted by Gasteiger charge is 2.14. The third kappa shape index (κ3) is 2.79. The smallest absolute Gasteiger partial charge is 0.116 e. The van der Waals surface area contributed by atoms with E-state index in [1.54, 1.807) is 0 Å². The van der Waals surface area contributed by atoms with Crippen LogP contribution in [0.25, 0.3) is 11.3 Å². The van der Waals surface area contributed by atoms with Crippen LogP contribution >= 0.6 is 15.9 Å². The molecule has 2 aromatic rings. The summed E-state index contributed by atoms with van der Waals surface area (Å²) < 4.78 is 2.88. The van der Waals surface area contributed by atoms with Crippen molar-refractivity contribution in [3.8, 4) is 11.3 Å². The van der Waals surface area contributed by atoms with Crippen molar-refractivity contribution in [1.82, 2.24) is 15.0 Å². The van der Waals surface area contributed by atoms with Crippen LogP contribution in [0, 0.1) is 0 Å². The van der Waals surface area contributed by atoms with Crippen molar-refractivity contribution < 1.29 is 5.11 Å². The number of aromatic nitrogens is 3. The highest BCUT2D eigenvalue weighted by molar-refractivity contribution is 9.10. The van der Waals surface area contributed by atoms with Crippen LogP contribution in [0.2, 0.25) is 0 Å². The lowest BCUT2D eigenvalue weighted by molar-refractivity contribution is 0.277. The van der Waals surface area contributed by atoms with Crippen molar-refractivity contribution in [2.45, 2.75) is 32.9 Å². The van der Waals surface area contributed by atoms with Gasteiger partial charge < -0.3 is 5.11 Å². The lowest BCUT2D eigenvalue weighted by Gasteiger charge is -2.07. The minimum Gasteiger partial charge on any atom is -0.390 e. The quantitative estimate of drug-likeness (QED) is 0.923. The molecule has 0 spiro atoms. The molecule has 0 radical (unpaired) electrons. The van der Waals surface area contributed by atoms with Gasteiger partial charge in [0.25, 0.3) is 0 Å². The number of unbranched alkanes of at least 4 members (excludes halogenated alkanes) is 1. The summed E-state index contributed by atoms with van der Waals surface area (Å²) in [5.41, 5.74) is 2.56. The Labute approximate surface area is 115 Å². The van der Waals surface area contributed by atoms with Crippen LogP contribution in [0.15, 0.2) is 28.7 Å². The fraction of sp³-hybridized carbons (Fsp3) is 0.385. The molecule has 1 heterocycles. The van der Waals surface area contributed by atoms with Crippen LogP contribution < -0.4 is 0 Å². The fourth-order valence-corrected chi connectivity index (χ4v) is 2.27. The molecule has 96 valence electrons. The second kappa shape index (κ2) is 6.11. The number of aliphatic hydroxyl groups excluding tert-OH is 1. The van der Waals surface area contributed by atoms with E-state index >= 15 is 0 Å². The number of rotatable bonds is 5. The number of aliphatic hydroxyl groups is 1. The van der Waals surface area contributed by atoms with Gasteiger partial charge in [-0.3, -0.25) is 0 Å². The van der Waals surface area contributed by atoms with Gasteiger partial charge in [-0.15, -0.1) is 5.10 Å². The predicted molar refractivity (Wildman–Crippen MR) is 74.0 cm³/mol. The number of hydrogen-bond acceptors (Lipinski definition) is 3. The molecule has 4 nitrogen and oxygen atoms in total. The molecule has 1 N–H and O–H groups in total. The monoisotopic (exact) mass is 309 g/mol. The van der Waals surface area contributed by atoms with Gasteiger partial charge in [0.15, 0.2) is 0 Å². The van der Waals surface area contributed by atoms with E-state index in [4.69, 9.17) is 0 Å². The van der Waals surface area contributed by atoms with Gasteiger partial charge in [0, 0.05) is 16.6 Å². The van der Waals surface area contributed by atoms with Crippen molar-refractivity contribution in [1.29, 1.82) is 0 Å². The average Bonchev–Trinajstić information content (AvgIpc) is 2.79. The lowest BCUT2D eigenvalue weighted by Crippen LogP contribution is -2.03. The predicted octanol–water partition coefficient (Wildman–Crippen LogP) is 3.00. The largest absolute Gasteiger partial charge is 0.390 e. The van der Waals surface area contributed by atoms with Gasteiger partial charge in [0.1, 0.15) is 5.69 Å². The highest BCUT2D eigenvalue weighted by Crippen LogP contribution is 2.25. The maximum atomic E-state index is 9.36. The molecule has 0 atom stereocenters. The van der Waals surface area contributed by atoms with Crippen molar-refractivity contribution in [3.63, 3.8) is 0 Å². The van der Waals surface area contributed by atoms with Gasteiger partial charge in [-0.2, -0.15) is 0 Å². The zero-order valence-electron chi connectivity index (χ0n) is 10.3. The van der Waals surface area contributed by atoms with Crippen LogP contribution in [-0.4, -0.2) is 20.1 Å². The zero-order valence-corrected chi connectivity index (χ0v) is 11.9. The first-order chi connectivity index (χ1) is 8.76. The summed E-state index contributed by atoms with van der Waals surface area (Å²) in [5.74, 6) is 0. The van der Waals surface area contributed by atoms with E-state index in [0.29, 0.717) is 5.69 Å². The Morgan fingerprint density at radius 1 is 1.39 bits per heavy atom. The highest BCUT2D eigenvalue weighted by atomic mass is 79.9. The molecule has 0 aliphatic carbocycles. The summed E-state index contributed by atoms with van der Waals surface area (Å²) >= 11 is 3.46. The van der Waals surface area contributed by atoms with E-state index in [9.17, 15) is 5.11 Å². The van der Waals surface area contributed by atoms with Crippen molar-refractivity contribution in [2.24, 2.45) is 0 Å². The van der Waals surface area contributed by atoms with Gasteiger partial charge >= 0.3 is 0 Å². The Balaban J connectivity index is 2.43. The summed E-state index contributed by atoms with van der Waals surface area (Å²) in [5, 5.41) is 17.5. The SMILES string of the molecule is CCCCn1nnc(CO)c1-c1cccc(Br)c1. The van der Waals surface area contributed by atoms with E-state index in [1.165, 1.54) is 0 Å². The van der Waals surface area contributed by atoms with Crippen molar-refractivity contribution in [2.75, 3.05) is 0 Å². The lowest BCUT2D eigenvalue weighted by atomic mass is 10.1. The average molecular weight is 310 g/mol.